The van der Waals surface area contributed by atoms with Crippen molar-refractivity contribution in [2.45, 2.75) is 43.7 Å². The molecule has 0 bridgehead atoms. The number of anilines is 2. The molecule has 198 valence electrons. The number of nitrogens with one attached hydrogen (secondary N) is 2. The molecule has 1 aliphatic heterocycles. The summed E-state index contributed by atoms with van der Waals surface area (Å²) in [5, 5.41) is 15.2. The lowest BCUT2D eigenvalue weighted by atomic mass is 10.0. The van der Waals surface area contributed by atoms with Crippen LogP contribution in [0.1, 0.15) is 23.1 Å². The van der Waals surface area contributed by atoms with Gasteiger partial charge in [-0.1, -0.05) is 54.1 Å². The topological polar surface area (TPSA) is 133 Å². The molecule has 9 nitrogen and oxygen atoms in total. The largest absolute Gasteiger partial charge is 0.480 e. The summed E-state index contributed by atoms with van der Waals surface area (Å²) in [7, 11) is -4.35. The van der Waals surface area contributed by atoms with Gasteiger partial charge in [-0.2, -0.15) is 0 Å². The van der Waals surface area contributed by atoms with E-state index in [4.69, 9.17) is 11.6 Å². The number of nitrogens with zero attached hydrogens (tertiary/aromatic N) is 1. The molecule has 3 N–H and O–H groups in total. The van der Waals surface area contributed by atoms with Gasteiger partial charge in [-0.3, -0.25) is 13.9 Å². The normalized spacial score (nSPS) is 15.8. The highest BCUT2D eigenvalue weighted by Gasteiger charge is 2.43. The molecule has 0 aliphatic carbocycles. The van der Waals surface area contributed by atoms with Crippen molar-refractivity contribution in [3.63, 3.8) is 0 Å². The Morgan fingerprint density at radius 2 is 1.71 bits per heavy atom. The minimum atomic E-state index is -4.35. The van der Waals surface area contributed by atoms with Gasteiger partial charge in [0, 0.05) is 11.4 Å². The van der Waals surface area contributed by atoms with E-state index in [2.05, 4.69) is 10.6 Å². The molecule has 2 atom stereocenters. The van der Waals surface area contributed by atoms with Gasteiger partial charge >= 0.3 is 5.97 Å². The van der Waals surface area contributed by atoms with Gasteiger partial charge < -0.3 is 15.7 Å². The second-order valence-corrected chi connectivity index (χ2v) is 11.2. The van der Waals surface area contributed by atoms with Gasteiger partial charge in [-0.15, -0.1) is 0 Å². The SMILES string of the molecule is Cc1cc(S(=O)(=O)N2c3ccccc3NC(=O)C2CC(=O)NC(Cc2ccccc2)C(=O)O)c(C)cc1Cl. The van der Waals surface area contributed by atoms with Crippen molar-refractivity contribution >= 4 is 50.8 Å². The number of hydrogen-bond donors (Lipinski definition) is 3. The Kier molecular flexibility index (Phi) is 7.75. The minimum absolute atomic E-state index is 0.0207. The highest BCUT2D eigenvalue weighted by molar-refractivity contribution is 7.93. The van der Waals surface area contributed by atoms with Crippen molar-refractivity contribution in [3.8, 4) is 0 Å². The Balaban J connectivity index is 1.69. The Bertz CT molecular complexity index is 1510. The van der Waals surface area contributed by atoms with E-state index < -0.39 is 46.3 Å². The van der Waals surface area contributed by atoms with Gasteiger partial charge in [0.1, 0.15) is 12.1 Å². The molecular weight excluding hydrogens is 530 g/mol. The van der Waals surface area contributed by atoms with E-state index >= 15 is 0 Å². The van der Waals surface area contributed by atoms with Crippen molar-refractivity contribution in [2.75, 3.05) is 9.62 Å². The number of amides is 2. The second-order valence-electron chi connectivity index (χ2n) is 9.04. The predicted octanol–water partition coefficient (Wildman–Crippen LogP) is 3.68. The lowest BCUT2D eigenvalue weighted by Gasteiger charge is -2.37. The molecule has 2 unspecified atom stereocenters. The van der Waals surface area contributed by atoms with E-state index in [9.17, 15) is 27.9 Å². The van der Waals surface area contributed by atoms with Crippen molar-refractivity contribution < 1.29 is 27.9 Å². The van der Waals surface area contributed by atoms with E-state index in [0.717, 1.165) is 4.31 Å². The molecule has 3 aromatic rings. The summed E-state index contributed by atoms with van der Waals surface area (Å²) in [5.74, 6) is -2.74. The van der Waals surface area contributed by atoms with Crippen LogP contribution in [0.4, 0.5) is 11.4 Å². The van der Waals surface area contributed by atoms with Crippen LogP contribution in [0.2, 0.25) is 5.02 Å². The third kappa shape index (κ3) is 5.51. The summed E-state index contributed by atoms with van der Waals surface area (Å²) in [6.45, 7) is 3.26. The van der Waals surface area contributed by atoms with Crippen molar-refractivity contribution in [1.82, 2.24) is 5.32 Å². The zero-order valence-corrected chi connectivity index (χ0v) is 22.2. The molecule has 0 saturated carbocycles. The number of para-hydroxylation sites is 2. The number of carbonyl (C=O) groups is 3. The third-order valence-electron chi connectivity index (χ3n) is 6.27. The molecule has 1 heterocycles. The van der Waals surface area contributed by atoms with E-state index in [-0.39, 0.29) is 22.7 Å². The van der Waals surface area contributed by atoms with Crippen LogP contribution >= 0.6 is 11.6 Å². The molecule has 0 saturated heterocycles. The van der Waals surface area contributed by atoms with Gasteiger partial charge in [0.15, 0.2) is 0 Å². The van der Waals surface area contributed by atoms with E-state index in [1.165, 1.54) is 18.2 Å². The number of carboxylic acid groups (broad SMARTS) is 1. The van der Waals surface area contributed by atoms with Crippen LogP contribution in [0.15, 0.2) is 71.6 Å². The number of halogens is 1. The summed E-state index contributed by atoms with van der Waals surface area (Å²) in [6, 6.07) is 15.4. The van der Waals surface area contributed by atoms with Crippen LogP contribution in [0.5, 0.6) is 0 Å². The van der Waals surface area contributed by atoms with E-state index in [1.807, 2.05) is 0 Å². The molecule has 11 heteroatoms. The van der Waals surface area contributed by atoms with Gasteiger partial charge in [-0.25, -0.2) is 13.2 Å². The summed E-state index contributed by atoms with van der Waals surface area (Å²) in [4.78, 5) is 38.0. The maximum absolute atomic E-state index is 14.0. The van der Waals surface area contributed by atoms with Crippen LogP contribution < -0.4 is 14.9 Å². The van der Waals surface area contributed by atoms with Gasteiger partial charge in [-0.05, 0) is 54.8 Å². The van der Waals surface area contributed by atoms with Crippen molar-refractivity contribution in [2.24, 2.45) is 0 Å². The highest BCUT2D eigenvalue weighted by Crippen LogP contribution is 2.38. The zero-order chi connectivity index (χ0) is 27.6. The van der Waals surface area contributed by atoms with Crippen molar-refractivity contribution in [1.29, 1.82) is 0 Å². The molecule has 38 heavy (non-hydrogen) atoms. The number of carboxylic acids is 1. The van der Waals surface area contributed by atoms with Crippen LogP contribution in [0.25, 0.3) is 0 Å². The second kappa shape index (κ2) is 10.8. The Hall–Kier alpha value is -3.89. The number of hydrogen-bond acceptors (Lipinski definition) is 5. The summed E-state index contributed by atoms with van der Waals surface area (Å²) in [5.41, 5.74) is 2.07. The first-order valence-electron chi connectivity index (χ1n) is 11.8. The van der Waals surface area contributed by atoms with Crippen molar-refractivity contribution in [3.05, 3.63) is 88.4 Å². The fourth-order valence-electron chi connectivity index (χ4n) is 4.35. The molecule has 0 fully saturated rings. The van der Waals surface area contributed by atoms with Crippen LogP contribution in [-0.4, -0.2) is 43.4 Å². The fraction of sp³-hybridized carbons (Fsp3) is 0.222. The monoisotopic (exact) mass is 555 g/mol. The number of benzene rings is 3. The molecule has 3 aromatic carbocycles. The Morgan fingerprint density at radius 1 is 1.05 bits per heavy atom. The number of carbonyl (C=O) groups excluding carboxylic acids is 2. The van der Waals surface area contributed by atoms with Crippen LogP contribution in [0, 0.1) is 13.8 Å². The van der Waals surface area contributed by atoms with E-state index in [1.54, 1.807) is 62.4 Å². The van der Waals surface area contributed by atoms with E-state index in [0.29, 0.717) is 21.7 Å². The molecule has 4 rings (SSSR count). The molecule has 0 spiro atoms. The lowest BCUT2D eigenvalue weighted by Crippen LogP contribution is -2.54. The van der Waals surface area contributed by atoms with Crippen LogP contribution in [-0.2, 0) is 30.8 Å². The fourth-order valence-corrected chi connectivity index (χ4v) is 6.50. The standard InChI is InChI=1S/C27H26ClN3O6S/c1-16-13-24(17(2)12-19(16)28)38(36,37)31-22-11-7-6-10-20(22)30-26(33)23(31)15-25(32)29-21(27(34)35)14-18-8-4-3-5-9-18/h3-13,21,23H,14-15H2,1-2H3,(H,29,32)(H,30,33)(H,34,35). The van der Waals surface area contributed by atoms with Gasteiger partial charge in [0.05, 0.1) is 22.7 Å². The molecule has 0 radical (unpaired) electrons. The average molecular weight is 556 g/mol. The summed E-state index contributed by atoms with van der Waals surface area (Å²) in [6.07, 6.45) is -0.573. The zero-order valence-electron chi connectivity index (χ0n) is 20.6. The van der Waals surface area contributed by atoms with Gasteiger partial charge in [0.2, 0.25) is 11.8 Å². The number of sulfonamides is 1. The molecule has 0 aromatic heterocycles. The van der Waals surface area contributed by atoms with Crippen LogP contribution in [0.3, 0.4) is 0 Å². The number of aliphatic carboxylic acids is 1. The highest BCUT2D eigenvalue weighted by atomic mass is 35.5. The summed E-state index contributed by atoms with van der Waals surface area (Å²) >= 11 is 6.18. The smallest absolute Gasteiger partial charge is 0.326 e. The molecule has 2 amide bonds. The first-order chi connectivity index (χ1) is 18.0. The maximum atomic E-state index is 14.0. The number of aryl methyl sites for hydroxylation is 2. The molecular formula is C27H26ClN3O6S. The average Bonchev–Trinajstić information content (AvgIpc) is 2.86. The lowest BCUT2D eigenvalue weighted by molar-refractivity contribution is -0.141. The predicted molar refractivity (Wildman–Crippen MR) is 144 cm³/mol. The maximum Gasteiger partial charge on any atom is 0.326 e. The first kappa shape index (κ1) is 27.2. The first-order valence-corrected chi connectivity index (χ1v) is 13.6. The Morgan fingerprint density at radius 3 is 2.39 bits per heavy atom. The Labute approximate surface area is 225 Å². The minimum Gasteiger partial charge on any atom is -0.480 e. The molecule has 1 aliphatic rings. The summed E-state index contributed by atoms with van der Waals surface area (Å²) < 4.78 is 29.0. The van der Waals surface area contributed by atoms with Gasteiger partial charge in [0.25, 0.3) is 10.0 Å². The number of fused-ring (bicyclic) bond motifs is 1. The third-order valence-corrected chi connectivity index (χ3v) is 8.64. The quantitative estimate of drug-likeness (QED) is 0.388. The number of rotatable bonds is 8.